The van der Waals surface area contributed by atoms with Gasteiger partial charge >= 0.3 is 142 Å². The third-order valence-corrected chi connectivity index (χ3v) is 33.9. The summed E-state index contributed by atoms with van der Waals surface area (Å²) in [5, 5.41) is 0. The molecule has 134 valence electrons. The number of rotatable bonds is 2. The second kappa shape index (κ2) is 7.53. The maximum absolute atomic E-state index is 2.85. The van der Waals surface area contributed by atoms with Crippen LogP contribution in [0.2, 0.25) is 16.5 Å². The van der Waals surface area contributed by atoms with Crippen LogP contribution in [0.1, 0.15) is 38.5 Å². The van der Waals surface area contributed by atoms with Crippen LogP contribution in [0.25, 0.3) is 0 Å². The zero-order valence-corrected chi connectivity index (χ0v) is 22.1. The van der Waals surface area contributed by atoms with Gasteiger partial charge in [-0.05, 0) is 0 Å². The molecule has 4 heteroatoms. The fourth-order valence-electron chi connectivity index (χ4n) is 6.11. The number of hydrogen-bond acceptors (Lipinski definition) is 0. The van der Waals surface area contributed by atoms with Crippen LogP contribution in [0.3, 0.4) is 0 Å². The Morgan fingerprint density at radius 3 is 1.62 bits per heavy atom. The topological polar surface area (TPSA) is 0 Å². The van der Waals surface area contributed by atoms with Crippen LogP contribution in [0, 0.1) is 11.8 Å². The molecule has 4 unspecified atom stereocenters. The van der Waals surface area contributed by atoms with E-state index in [2.05, 4.69) is 45.7 Å². The molecule has 0 N–H and O–H groups in total. The van der Waals surface area contributed by atoms with Gasteiger partial charge in [-0.25, -0.2) is 0 Å². The van der Waals surface area contributed by atoms with Crippen molar-refractivity contribution in [1.82, 2.24) is 0 Å². The number of hydrogen-bond donors (Lipinski definition) is 0. The summed E-state index contributed by atoms with van der Waals surface area (Å²) in [5.74, 6) is 1.82. The quantitative estimate of drug-likeness (QED) is 0.384. The minimum absolute atomic E-state index is 0. The van der Waals surface area contributed by atoms with Gasteiger partial charge in [0.2, 0.25) is 0 Å². The van der Waals surface area contributed by atoms with Gasteiger partial charge in [-0.3, -0.25) is 0 Å². The molecule has 0 nitrogen and oxygen atoms in total. The summed E-state index contributed by atoms with van der Waals surface area (Å²) in [4.78, 5) is 0. The molecular weight excluding hydrogens is 475 g/mol. The first-order valence-corrected chi connectivity index (χ1v) is 27.5. The molecule has 0 heterocycles. The Morgan fingerprint density at radius 2 is 1.21 bits per heavy atom. The molecule has 0 aromatic carbocycles. The summed E-state index contributed by atoms with van der Waals surface area (Å²) in [6, 6.07) is 0. The molecule has 4 aliphatic rings. The molecule has 0 spiro atoms. The van der Waals surface area contributed by atoms with Crippen molar-refractivity contribution in [2.75, 3.05) is 0 Å². The SMILES string of the molecule is Cl.Cl.[CH3][Zr]([CH3])(=[GeH2])([CH]1CCC2CC=CC=C21)[CH]1CCC2CC=CC=C21. The molecule has 2 saturated carbocycles. The second-order valence-electron chi connectivity index (χ2n) is 9.25. The van der Waals surface area contributed by atoms with E-state index in [0.717, 1.165) is 19.1 Å². The van der Waals surface area contributed by atoms with Crippen molar-refractivity contribution < 1.29 is 15.7 Å². The van der Waals surface area contributed by atoms with Crippen LogP contribution < -0.4 is 0 Å². The first kappa shape index (κ1) is 21.3. The predicted molar refractivity (Wildman–Crippen MR) is 111 cm³/mol. The monoisotopic (exact) mass is 506 g/mol. The summed E-state index contributed by atoms with van der Waals surface area (Å²) in [7, 11) is 0. The van der Waals surface area contributed by atoms with Crippen molar-refractivity contribution >= 4 is 37.0 Å². The van der Waals surface area contributed by atoms with Crippen LogP contribution in [-0.2, 0) is 15.7 Å². The van der Waals surface area contributed by atoms with Crippen molar-refractivity contribution in [3.63, 3.8) is 0 Å². The van der Waals surface area contributed by atoms with E-state index in [0.29, 0.717) is 0 Å². The van der Waals surface area contributed by atoms with Gasteiger partial charge in [-0.2, -0.15) is 0 Å². The molecule has 2 fully saturated rings. The van der Waals surface area contributed by atoms with Gasteiger partial charge in [0.15, 0.2) is 0 Å². The van der Waals surface area contributed by atoms with Crippen LogP contribution in [0.4, 0.5) is 0 Å². The molecular formula is C20H32Cl2GeZr. The zero-order chi connectivity index (χ0) is 15.4. The summed E-state index contributed by atoms with van der Waals surface area (Å²) in [6.07, 6.45) is 23.2. The van der Waals surface area contributed by atoms with Gasteiger partial charge in [0.25, 0.3) is 0 Å². The van der Waals surface area contributed by atoms with Gasteiger partial charge in [-0.15, -0.1) is 24.8 Å². The molecule has 4 aliphatic carbocycles. The molecule has 0 aromatic heterocycles. The molecule has 0 aromatic rings. The Hall–Kier alpha value is 0.966. The molecule has 0 saturated heterocycles. The third kappa shape index (κ3) is 3.41. The first-order valence-electron chi connectivity index (χ1n) is 9.26. The summed E-state index contributed by atoms with van der Waals surface area (Å²) in [6.45, 7) is 0. The van der Waals surface area contributed by atoms with Crippen LogP contribution >= 0.6 is 24.8 Å². The molecule has 0 amide bonds. The van der Waals surface area contributed by atoms with Crippen molar-refractivity contribution in [2.45, 2.75) is 55.0 Å². The van der Waals surface area contributed by atoms with Crippen molar-refractivity contribution in [3.05, 3.63) is 47.6 Å². The standard InChI is InChI=1S/2C9H11.2CH3.2ClH.GeH2.Zr/c2*1-2-5-9-7-3-6-8(9)4-1;;;;;;/h2*1-2,4,6,9H,3,5,7H2;2*1H3;2*1H;1H2;. The number of fused-ring (bicyclic) bond motifs is 2. The van der Waals surface area contributed by atoms with E-state index >= 15 is 0 Å². The molecule has 4 rings (SSSR count). The molecule has 0 bridgehead atoms. The third-order valence-electron chi connectivity index (χ3n) is 7.33. The second-order valence-corrected chi connectivity index (χ2v) is 54.8. The minimum atomic E-state index is -2.66. The van der Waals surface area contributed by atoms with Crippen LogP contribution in [-0.4, -0.2) is 12.1 Å². The normalized spacial score (nSPS) is 34.5. The Bertz CT molecular complexity index is 628. The van der Waals surface area contributed by atoms with Crippen LogP contribution in [0.5, 0.6) is 0 Å². The Labute approximate surface area is 165 Å². The summed E-state index contributed by atoms with van der Waals surface area (Å²) >= 11 is -1.04. The average Bonchev–Trinajstić information content (AvgIpc) is 3.12. The van der Waals surface area contributed by atoms with Crippen molar-refractivity contribution in [2.24, 2.45) is 11.8 Å². The molecule has 4 atom stereocenters. The average molecular weight is 507 g/mol. The van der Waals surface area contributed by atoms with E-state index in [1.807, 2.05) is 11.1 Å². The number of halogens is 2. The van der Waals surface area contributed by atoms with Gasteiger partial charge in [0, 0.05) is 0 Å². The molecule has 24 heavy (non-hydrogen) atoms. The molecule has 0 radical (unpaired) electrons. The van der Waals surface area contributed by atoms with Gasteiger partial charge in [-0.1, -0.05) is 0 Å². The van der Waals surface area contributed by atoms with Crippen molar-refractivity contribution in [1.29, 1.82) is 0 Å². The fraction of sp³-hybridized carbons (Fsp3) is 0.600. The van der Waals surface area contributed by atoms with Gasteiger partial charge in [0.1, 0.15) is 0 Å². The molecule has 0 aliphatic heterocycles. The Balaban J connectivity index is 0.00000104. The van der Waals surface area contributed by atoms with Gasteiger partial charge < -0.3 is 0 Å². The van der Waals surface area contributed by atoms with Gasteiger partial charge in [0.05, 0.1) is 0 Å². The van der Waals surface area contributed by atoms with E-state index in [1.165, 1.54) is 38.5 Å². The van der Waals surface area contributed by atoms with E-state index in [9.17, 15) is 0 Å². The number of allylic oxidation sites excluding steroid dienone is 8. The maximum atomic E-state index is 2.85. The van der Waals surface area contributed by atoms with Crippen LogP contribution in [0.15, 0.2) is 47.6 Å². The fourth-order valence-corrected chi connectivity index (χ4v) is 30.7. The van der Waals surface area contributed by atoms with E-state index < -0.39 is 15.7 Å². The van der Waals surface area contributed by atoms with Crippen molar-refractivity contribution in [3.8, 4) is 0 Å². The summed E-state index contributed by atoms with van der Waals surface area (Å²) in [5.41, 5.74) is 3.78. The van der Waals surface area contributed by atoms with E-state index in [-0.39, 0.29) is 24.8 Å². The van der Waals surface area contributed by atoms with E-state index in [1.54, 1.807) is 12.1 Å². The Morgan fingerprint density at radius 1 is 0.792 bits per heavy atom. The predicted octanol–water partition coefficient (Wildman–Crippen LogP) is 6.33. The summed E-state index contributed by atoms with van der Waals surface area (Å²) < 4.78 is 7.73. The van der Waals surface area contributed by atoms with E-state index in [4.69, 9.17) is 0 Å². The first-order chi connectivity index (χ1) is 10.5. The zero-order valence-electron chi connectivity index (χ0n) is 15.0. The Kier molecular flexibility index (Phi) is 6.67.